The summed E-state index contributed by atoms with van der Waals surface area (Å²) >= 11 is 0. The fraction of sp³-hybridized carbons (Fsp3) is 0.292. The lowest BCUT2D eigenvalue weighted by Crippen LogP contribution is -2.21. The maximum atomic E-state index is 6.06. The molecule has 5 heteroatoms. The van der Waals surface area contributed by atoms with Crippen LogP contribution in [0.2, 0.25) is 0 Å². The Morgan fingerprint density at radius 1 is 1.14 bits per heavy atom. The lowest BCUT2D eigenvalue weighted by molar-refractivity contribution is 0.866. The molecule has 29 heavy (non-hydrogen) atoms. The molecule has 148 valence electrons. The summed E-state index contributed by atoms with van der Waals surface area (Å²) in [4.78, 5) is 7.19. The van der Waals surface area contributed by atoms with E-state index in [1.165, 1.54) is 5.69 Å². The third-order valence-corrected chi connectivity index (χ3v) is 5.22. The second kappa shape index (κ2) is 9.61. The van der Waals surface area contributed by atoms with E-state index in [2.05, 4.69) is 68.2 Å². The highest BCUT2D eigenvalue weighted by atomic mass is 15.1. The minimum Gasteiger partial charge on any atom is -0.403 e. The van der Waals surface area contributed by atoms with Crippen molar-refractivity contribution in [1.82, 2.24) is 4.48 Å². The normalized spacial score (nSPS) is 15.6. The van der Waals surface area contributed by atoms with Crippen molar-refractivity contribution in [3.63, 3.8) is 0 Å². The van der Waals surface area contributed by atoms with Crippen LogP contribution in [0.15, 0.2) is 71.0 Å². The average molecular weight is 384 g/mol. The van der Waals surface area contributed by atoms with Crippen molar-refractivity contribution in [2.75, 3.05) is 24.5 Å². The SMILES string of the molecule is [B]n1cccc1/C(CCN)=C1N=C(/C=C/c2ccc(N(CC)CC)cc2)C=C\1C. The van der Waals surface area contributed by atoms with E-state index in [-0.39, 0.29) is 0 Å². The Morgan fingerprint density at radius 2 is 1.86 bits per heavy atom. The van der Waals surface area contributed by atoms with Crippen molar-refractivity contribution >= 4 is 31.0 Å². The van der Waals surface area contributed by atoms with E-state index in [1.54, 1.807) is 4.48 Å². The summed E-state index contributed by atoms with van der Waals surface area (Å²) in [6.45, 7) is 9.01. The van der Waals surface area contributed by atoms with E-state index in [4.69, 9.17) is 18.7 Å². The van der Waals surface area contributed by atoms with Crippen molar-refractivity contribution in [2.45, 2.75) is 27.2 Å². The molecule has 0 saturated heterocycles. The van der Waals surface area contributed by atoms with E-state index < -0.39 is 0 Å². The number of nitrogens with two attached hydrogens (primary N) is 1. The predicted octanol–water partition coefficient (Wildman–Crippen LogP) is 4.44. The number of nitrogens with zero attached hydrogens (tertiary/aromatic N) is 3. The van der Waals surface area contributed by atoms with Gasteiger partial charge in [-0.1, -0.05) is 18.2 Å². The maximum Gasteiger partial charge on any atom is 0.234 e. The van der Waals surface area contributed by atoms with Gasteiger partial charge in [-0.25, -0.2) is 4.99 Å². The van der Waals surface area contributed by atoms with E-state index in [0.29, 0.717) is 6.54 Å². The summed E-state index contributed by atoms with van der Waals surface area (Å²) < 4.78 is 1.63. The van der Waals surface area contributed by atoms with Gasteiger partial charge in [0, 0.05) is 30.0 Å². The van der Waals surface area contributed by atoms with Gasteiger partial charge in [0.05, 0.1) is 11.4 Å². The van der Waals surface area contributed by atoms with Crippen LogP contribution in [0.25, 0.3) is 11.6 Å². The zero-order valence-corrected chi connectivity index (χ0v) is 17.6. The number of rotatable bonds is 8. The van der Waals surface area contributed by atoms with E-state index in [0.717, 1.165) is 53.3 Å². The summed E-state index contributed by atoms with van der Waals surface area (Å²) in [7, 11) is 6.06. The summed E-state index contributed by atoms with van der Waals surface area (Å²) in [6.07, 6.45) is 8.84. The lowest BCUT2D eigenvalue weighted by atomic mass is 10.0. The molecule has 2 N–H and O–H groups in total. The number of benzene rings is 1. The van der Waals surface area contributed by atoms with Gasteiger partial charge in [0.2, 0.25) is 7.98 Å². The molecule has 4 nitrogen and oxygen atoms in total. The van der Waals surface area contributed by atoms with Gasteiger partial charge in [0.15, 0.2) is 0 Å². The highest BCUT2D eigenvalue weighted by molar-refractivity contribution is 6.11. The monoisotopic (exact) mass is 384 g/mol. The Hall–Kier alpha value is -2.79. The molecule has 0 bridgehead atoms. The highest BCUT2D eigenvalue weighted by Crippen LogP contribution is 2.31. The molecule has 1 aromatic heterocycles. The largest absolute Gasteiger partial charge is 0.403 e. The Bertz CT molecular complexity index is 957. The van der Waals surface area contributed by atoms with Crippen LogP contribution in [0, 0.1) is 0 Å². The van der Waals surface area contributed by atoms with Crippen LogP contribution >= 0.6 is 0 Å². The molecule has 2 heterocycles. The van der Waals surface area contributed by atoms with Crippen LogP contribution in [0.4, 0.5) is 5.69 Å². The number of hydrogen-bond acceptors (Lipinski definition) is 3. The topological polar surface area (TPSA) is 46.6 Å². The molecule has 0 unspecified atom stereocenters. The van der Waals surface area contributed by atoms with Gasteiger partial charge in [0.1, 0.15) is 0 Å². The summed E-state index contributed by atoms with van der Waals surface area (Å²) in [5.74, 6) is 0. The summed E-state index contributed by atoms with van der Waals surface area (Å²) in [5, 5.41) is 0. The quantitative estimate of drug-likeness (QED) is 0.684. The van der Waals surface area contributed by atoms with Gasteiger partial charge < -0.3 is 15.1 Å². The number of anilines is 1. The Morgan fingerprint density at radius 3 is 2.45 bits per heavy atom. The number of hydrogen-bond donors (Lipinski definition) is 1. The molecule has 1 aromatic carbocycles. The molecule has 1 aliphatic heterocycles. The molecule has 0 atom stereocenters. The van der Waals surface area contributed by atoms with Gasteiger partial charge in [-0.2, -0.15) is 0 Å². The predicted molar refractivity (Wildman–Crippen MR) is 126 cm³/mol. The Balaban J connectivity index is 1.84. The van der Waals surface area contributed by atoms with Gasteiger partial charge in [-0.15, -0.1) is 0 Å². The fourth-order valence-electron chi connectivity index (χ4n) is 3.66. The Kier molecular flexibility index (Phi) is 6.94. The van der Waals surface area contributed by atoms with Crippen LogP contribution in [-0.4, -0.2) is 37.8 Å². The molecule has 2 radical (unpaired) electrons. The molecule has 0 spiro atoms. The van der Waals surface area contributed by atoms with Crippen LogP contribution in [-0.2, 0) is 0 Å². The third kappa shape index (κ3) is 4.80. The smallest absolute Gasteiger partial charge is 0.234 e. The standard InChI is InChI=1S/C24H29BN4/c1-4-28(5-2)21-12-9-19(10-13-21)8-11-20-17-18(3)24(27-20)22(14-15-26)23-7-6-16-29(23)25/h6-13,16-17H,4-5,14-15,26H2,1-3H3/b11-8+,24-22-. The molecule has 0 fully saturated rings. The van der Waals surface area contributed by atoms with Crippen LogP contribution < -0.4 is 10.6 Å². The molecular weight excluding hydrogens is 355 g/mol. The van der Waals surface area contributed by atoms with E-state index >= 15 is 0 Å². The maximum absolute atomic E-state index is 6.06. The van der Waals surface area contributed by atoms with Gasteiger partial charge in [-0.05, 0) is 87.5 Å². The van der Waals surface area contributed by atoms with E-state index in [1.807, 2.05) is 18.3 Å². The first kappa shape index (κ1) is 20.9. The molecule has 0 amide bonds. The zero-order chi connectivity index (χ0) is 20.8. The van der Waals surface area contributed by atoms with Gasteiger partial charge in [-0.3, -0.25) is 0 Å². The minimum atomic E-state index is 0.552. The first-order chi connectivity index (χ1) is 14.1. The molecular formula is C24H29BN4. The number of allylic oxidation sites excluding steroid dienone is 3. The first-order valence-corrected chi connectivity index (χ1v) is 10.2. The first-order valence-electron chi connectivity index (χ1n) is 10.2. The van der Waals surface area contributed by atoms with Crippen molar-refractivity contribution in [3.8, 4) is 0 Å². The third-order valence-electron chi connectivity index (χ3n) is 5.22. The minimum absolute atomic E-state index is 0.552. The average Bonchev–Trinajstić information content (AvgIpc) is 3.32. The van der Waals surface area contributed by atoms with Crippen LogP contribution in [0.3, 0.4) is 0 Å². The molecule has 1 aliphatic rings. The second-order valence-corrected chi connectivity index (χ2v) is 7.13. The zero-order valence-electron chi connectivity index (χ0n) is 17.6. The highest BCUT2D eigenvalue weighted by Gasteiger charge is 2.16. The Labute approximate surface area is 175 Å². The number of aromatic nitrogens is 1. The van der Waals surface area contributed by atoms with Crippen LogP contribution in [0.1, 0.15) is 38.4 Å². The van der Waals surface area contributed by atoms with Gasteiger partial charge in [0.25, 0.3) is 0 Å². The van der Waals surface area contributed by atoms with Crippen molar-refractivity contribution in [3.05, 3.63) is 77.3 Å². The molecule has 3 rings (SSSR count). The lowest BCUT2D eigenvalue weighted by Gasteiger charge is -2.20. The molecule has 2 aromatic rings. The summed E-state index contributed by atoms with van der Waals surface area (Å²) in [5.41, 5.74) is 13.3. The van der Waals surface area contributed by atoms with Crippen LogP contribution in [0.5, 0.6) is 0 Å². The molecule has 0 saturated carbocycles. The number of aliphatic imine (C=N–C) groups is 1. The van der Waals surface area contributed by atoms with E-state index in [9.17, 15) is 0 Å². The molecule has 0 aliphatic carbocycles. The second-order valence-electron chi connectivity index (χ2n) is 7.13. The van der Waals surface area contributed by atoms with Crippen molar-refractivity contribution in [2.24, 2.45) is 10.7 Å². The summed E-state index contributed by atoms with van der Waals surface area (Å²) in [6, 6.07) is 12.6. The van der Waals surface area contributed by atoms with Crippen molar-refractivity contribution in [1.29, 1.82) is 0 Å². The van der Waals surface area contributed by atoms with Crippen molar-refractivity contribution < 1.29 is 0 Å². The van der Waals surface area contributed by atoms with Gasteiger partial charge >= 0.3 is 0 Å². The fourth-order valence-corrected chi connectivity index (χ4v) is 3.66.